The molecule has 2 heterocycles. The Hall–Kier alpha value is -1.45. The van der Waals surface area contributed by atoms with Gasteiger partial charge in [0.1, 0.15) is 0 Å². The van der Waals surface area contributed by atoms with Gasteiger partial charge in [0.25, 0.3) is 10.0 Å². The lowest BCUT2D eigenvalue weighted by Crippen LogP contribution is -2.17. The fourth-order valence-corrected chi connectivity index (χ4v) is 3.71. The van der Waals surface area contributed by atoms with Crippen molar-refractivity contribution in [3.05, 3.63) is 22.3 Å². The number of aromatic amines is 1. The molecule has 0 spiro atoms. The van der Waals surface area contributed by atoms with E-state index in [2.05, 4.69) is 25.2 Å². The molecule has 7 nitrogen and oxygen atoms in total. The number of aryl methyl sites for hydroxylation is 2. The summed E-state index contributed by atoms with van der Waals surface area (Å²) in [5, 5.41) is 9.60. The van der Waals surface area contributed by atoms with E-state index in [-0.39, 0.29) is 5.03 Å². The number of nitrogens with zero attached hydrogens (tertiary/aromatic N) is 2. The molecule has 0 unspecified atom stereocenters. The SMILES string of the molecule is CNCc1cn[nH]c1S(=O)(=O)Nc1nc(C)c(C)s1. The van der Waals surface area contributed by atoms with Crippen molar-refractivity contribution in [3.8, 4) is 0 Å². The van der Waals surface area contributed by atoms with Gasteiger partial charge in [0.2, 0.25) is 0 Å². The second kappa shape index (κ2) is 5.27. The number of rotatable bonds is 5. The van der Waals surface area contributed by atoms with Gasteiger partial charge in [-0.25, -0.2) is 4.98 Å². The zero-order valence-electron chi connectivity index (χ0n) is 10.8. The molecule has 0 fully saturated rings. The predicted molar refractivity (Wildman–Crippen MR) is 73.7 cm³/mol. The van der Waals surface area contributed by atoms with E-state index in [1.54, 1.807) is 7.05 Å². The molecule has 2 rings (SSSR count). The first-order valence-corrected chi connectivity index (χ1v) is 7.87. The fourth-order valence-electron chi connectivity index (χ4n) is 1.53. The Kier molecular flexibility index (Phi) is 3.88. The lowest BCUT2D eigenvalue weighted by Gasteiger charge is -2.05. The topological polar surface area (TPSA) is 99.8 Å². The van der Waals surface area contributed by atoms with Gasteiger partial charge < -0.3 is 5.32 Å². The van der Waals surface area contributed by atoms with Gasteiger partial charge in [0.15, 0.2) is 10.2 Å². The summed E-state index contributed by atoms with van der Waals surface area (Å²) in [6.07, 6.45) is 1.49. The summed E-state index contributed by atoms with van der Waals surface area (Å²) in [7, 11) is -1.95. The van der Waals surface area contributed by atoms with Crippen LogP contribution in [0.2, 0.25) is 0 Å². The van der Waals surface area contributed by atoms with Crippen molar-refractivity contribution in [1.29, 1.82) is 0 Å². The average molecular weight is 301 g/mol. The number of sulfonamides is 1. The van der Waals surface area contributed by atoms with Gasteiger partial charge in [0, 0.05) is 17.0 Å². The van der Waals surface area contributed by atoms with Gasteiger partial charge in [-0.3, -0.25) is 9.82 Å². The summed E-state index contributed by atoms with van der Waals surface area (Å²) >= 11 is 1.31. The van der Waals surface area contributed by atoms with E-state index in [1.165, 1.54) is 17.5 Å². The lowest BCUT2D eigenvalue weighted by molar-refractivity contribution is 0.595. The van der Waals surface area contributed by atoms with Crippen LogP contribution in [0.25, 0.3) is 0 Å². The monoisotopic (exact) mass is 301 g/mol. The van der Waals surface area contributed by atoms with Crippen molar-refractivity contribution in [2.45, 2.75) is 25.4 Å². The third kappa shape index (κ3) is 2.94. The molecule has 0 saturated heterocycles. The quantitative estimate of drug-likeness (QED) is 0.765. The van der Waals surface area contributed by atoms with E-state index in [9.17, 15) is 8.42 Å². The molecule has 0 saturated carbocycles. The lowest BCUT2D eigenvalue weighted by atomic mass is 10.4. The molecular weight excluding hydrogens is 286 g/mol. The van der Waals surface area contributed by atoms with Crippen LogP contribution in [0.5, 0.6) is 0 Å². The van der Waals surface area contributed by atoms with Crippen LogP contribution < -0.4 is 10.0 Å². The van der Waals surface area contributed by atoms with Crippen LogP contribution >= 0.6 is 11.3 Å². The smallest absolute Gasteiger partial charge is 0.280 e. The highest BCUT2D eigenvalue weighted by Crippen LogP contribution is 2.24. The summed E-state index contributed by atoms with van der Waals surface area (Å²) < 4.78 is 26.9. The highest BCUT2D eigenvalue weighted by atomic mass is 32.2. The zero-order chi connectivity index (χ0) is 14.0. The number of nitrogens with one attached hydrogen (secondary N) is 3. The Morgan fingerprint density at radius 2 is 2.16 bits per heavy atom. The fraction of sp³-hybridized carbons (Fsp3) is 0.400. The van der Waals surface area contributed by atoms with Crippen LogP contribution in [-0.4, -0.2) is 30.6 Å². The van der Waals surface area contributed by atoms with Crippen molar-refractivity contribution in [3.63, 3.8) is 0 Å². The minimum Gasteiger partial charge on any atom is -0.316 e. The van der Waals surface area contributed by atoms with Crippen molar-refractivity contribution in [2.75, 3.05) is 11.8 Å². The minimum atomic E-state index is -3.69. The third-order valence-electron chi connectivity index (χ3n) is 2.56. The maximum atomic E-state index is 12.2. The molecule has 0 aromatic carbocycles. The second-order valence-corrected chi connectivity index (χ2v) is 6.84. The van der Waals surface area contributed by atoms with E-state index >= 15 is 0 Å². The first-order valence-electron chi connectivity index (χ1n) is 5.57. The number of thiazole rings is 1. The molecule has 2 aromatic heterocycles. The number of aromatic nitrogens is 3. The summed E-state index contributed by atoms with van der Waals surface area (Å²) in [6, 6.07) is 0. The normalized spacial score (nSPS) is 11.7. The van der Waals surface area contributed by atoms with Crippen molar-refractivity contribution >= 4 is 26.5 Å². The Bertz CT molecular complexity index is 654. The average Bonchev–Trinajstić information content (AvgIpc) is 2.87. The van der Waals surface area contributed by atoms with Crippen LogP contribution in [0.15, 0.2) is 11.2 Å². The molecule has 0 aliphatic rings. The highest BCUT2D eigenvalue weighted by molar-refractivity contribution is 7.92. The molecule has 0 aliphatic carbocycles. The van der Waals surface area contributed by atoms with Crippen LogP contribution in [-0.2, 0) is 16.6 Å². The predicted octanol–water partition coefficient (Wildman–Crippen LogP) is 1.00. The first-order chi connectivity index (χ1) is 8.94. The van der Waals surface area contributed by atoms with Crippen LogP contribution in [0.1, 0.15) is 16.1 Å². The van der Waals surface area contributed by atoms with Gasteiger partial charge >= 0.3 is 0 Å². The Morgan fingerprint density at radius 3 is 2.74 bits per heavy atom. The molecule has 0 atom stereocenters. The molecule has 104 valence electrons. The molecule has 19 heavy (non-hydrogen) atoms. The maximum absolute atomic E-state index is 12.2. The van der Waals surface area contributed by atoms with E-state index < -0.39 is 10.0 Å². The third-order valence-corrected chi connectivity index (χ3v) is 5.03. The molecule has 0 aliphatic heterocycles. The Balaban J connectivity index is 2.29. The van der Waals surface area contributed by atoms with E-state index in [0.717, 1.165) is 10.6 Å². The standard InChI is InChI=1S/C10H15N5O2S2/c1-6-7(2)18-10(13-6)15-19(16,17)9-8(4-11-3)5-12-14-9/h5,11H,4H2,1-3H3,(H,12,14)(H,13,15). The molecule has 9 heteroatoms. The van der Waals surface area contributed by atoms with Crippen LogP contribution in [0.4, 0.5) is 5.13 Å². The van der Waals surface area contributed by atoms with Gasteiger partial charge in [-0.05, 0) is 20.9 Å². The molecule has 0 radical (unpaired) electrons. The first kappa shape index (κ1) is 14.0. The maximum Gasteiger partial charge on any atom is 0.280 e. The van der Waals surface area contributed by atoms with Gasteiger partial charge in [-0.1, -0.05) is 0 Å². The zero-order valence-corrected chi connectivity index (χ0v) is 12.4. The number of hydrogen-bond acceptors (Lipinski definition) is 6. The van der Waals surface area contributed by atoms with Gasteiger partial charge in [-0.2, -0.15) is 13.5 Å². The number of H-pyrrole nitrogens is 1. The summed E-state index contributed by atoms with van der Waals surface area (Å²) in [5.74, 6) is 0. The van der Waals surface area contributed by atoms with Crippen LogP contribution in [0, 0.1) is 13.8 Å². The van der Waals surface area contributed by atoms with Crippen molar-refractivity contribution < 1.29 is 8.42 Å². The van der Waals surface area contributed by atoms with E-state index in [0.29, 0.717) is 17.2 Å². The second-order valence-electron chi connectivity index (χ2n) is 4.02. The number of anilines is 1. The molecule has 2 aromatic rings. The highest BCUT2D eigenvalue weighted by Gasteiger charge is 2.22. The van der Waals surface area contributed by atoms with Crippen molar-refractivity contribution in [2.24, 2.45) is 0 Å². The van der Waals surface area contributed by atoms with Gasteiger partial charge in [0.05, 0.1) is 11.9 Å². The Labute approximate surface area is 115 Å². The summed E-state index contributed by atoms with van der Waals surface area (Å²) in [5.41, 5.74) is 1.41. The molecular formula is C10H15N5O2S2. The molecule has 0 amide bonds. The largest absolute Gasteiger partial charge is 0.316 e. The Morgan fingerprint density at radius 1 is 1.42 bits per heavy atom. The van der Waals surface area contributed by atoms with E-state index in [4.69, 9.17) is 0 Å². The van der Waals surface area contributed by atoms with E-state index in [1.807, 2.05) is 13.8 Å². The van der Waals surface area contributed by atoms with Gasteiger partial charge in [-0.15, -0.1) is 11.3 Å². The van der Waals surface area contributed by atoms with Crippen molar-refractivity contribution in [1.82, 2.24) is 20.5 Å². The summed E-state index contributed by atoms with van der Waals surface area (Å²) in [6.45, 7) is 4.16. The molecule has 3 N–H and O–H groups in total. The molecule has 0 bridgehead atoms. The minimum absolute atomic E-state index is 0.0624. The summed E-state index contributed by atoms with van der Waals surface area (Å²) in [4.78, 5) is 5.14. The van der Waals surface area contributed by atoms with Crippen LogP contribution in [0.3, 0.4) is 0 Å². The number of hydrogen-bond donors (Lipinski definition) is 3.